The first-order chi connectivity index (χ1) is 11.4. The van der Waals surface area contributed by atoms with Crippen molar-refractivity contribution < 1.29 is 13.6 Å². The minimum absolute atomic E-state index is 0.255. The Morgan fingerprint density at radius 3 is 2.67 bits per heavy atom. The van der Waals surface area contributed by atoms with Crippen LogP contribution in [0.2, 0.25) is 0 Å². The van der Waals surface area contributed by atoms with Gasteiger partial charge in [-0.05, 0) is 49.7 Å². The van der Waals surface area contributed by atoms with Gasteiger partial charge in [0.2, 0.25) is 5.91 Å². The molecule has 0 spiro atoms. The van der Waals surface area contributed by atoms with E-state index in [2.05, 4.69) is 15.6 Å². The first-order valence-corrected chi connectivity index (χ1v) is 7.63. The number of carbonyl (C=O) groups excluding carboxylic acids is 1. The number of rotatable bonds is 4. The fraction of sp³-hybridized carbons (Fsp3) is 0.222. The van der Waals surface area contributed by atoms with Crippen molar-refractivity contribution in [2.24, 2.45) is 0 Å². The van der Waals surface area contributed by atoms with Crippen molar-refractivity contribution in [1.82, 2.24) is 4.98 Å². The molecule has 0 saturated heterocycles. The van der Waals surface area contributed by atoms with E-state index in [1.165, 1.54) is 6.07 Å². The summed E-state index contributed by atoms with van der Waals surface area (Å²) in [6.45, 7) is 5.19. The zero-order chi connectivity index (χ0) is 17.3. The fourth-order valence-electron chi connectivity index (χ4n) is 2.37. The van der Waals surface area contributed by atoms with Gasteiger partial charge >= 0.3 is 0 Å². The third-order valence-electron chi connectivity index (χ3n) is 3.71. The molecule has 0 saturated carbocycles. The third-order valence-corrected chi connectivity index (χ3v) is 3.71. The van der Waals surface area contributed by atoms with Gasteiger partial charge in [0, 0.05) is 18.3 Å². The van der Waals surface area contributed by atoms with Gasteiger partial charge in [0.1, 0.15) is 17.4 Å². The summed E-state index contributed by atoms with van der Waals surface area (Å²) in [7, 11) is 0. The first kappa shape index (κ1) is 16.0. The number of hydrogen-bond donors (Lipinski definition) is 2. The van der Waals surface area contributed by atoms with Crippen LogP contribution in [-0.4, -0.2) is 16.9 Å². The van der Waals surface area contributed by atoms with Crippen molar-refractivity contribution in [2.45, 2.75) is 26.8 Å². The van der Waals surface area contributed by atoms with E-state index in [-0.39, 0.29) is 11.7 Å². The minimum atomic E-state index is -0.500. The van der Waals surface area contributed by atoms with Crippen molar-refractivity contribution in [2.75, 3.05) is 10.6 Å². The van der Waals surface area contributed by atoms with Gasteiger partial charge in [0.05, 0.1) is 0 Å². The summed E-state index contributed by atoms with van der Waals surface area (Å²) in [6.07, 6.45) is 0. The van der Waals surface area contributed by atoms with Gasteiger partial charge in [0.15, 0.2) is 11.5 Å². The number of benzene rings is 2. The summed E-state index contributed by atoms with van der Waals surface area (Å²) < 4.78 is 19.0. The van der Waals surface area contributed by atoms with Crippen molar-refractivity contribution in [1.29, 1.82) is 0 Å². The molecule has 1 atom stereocenters. The molecule has 0 fully saturated rings. The van der Waals surface area contributed by atoms with E-state index in [1.54, 1.807) is 39.0 Å². The Bertz CT molecular complexity index is 904. The molecule has 124 valence electrons. The number of anilines is 2. The SMILES string of the molecule is Cc1nc2cc(N[C@@H](C)C(=O)Nc3ccc(C)c(F)c3)ccc2o1. The van der Waals surface area contributed by atoms with Gasteiger partial charge in [-0.2, -0.15) is 0 Å². The molecule has 0 unspecified atom stereocenters. The molecule has 6 heteroatoms. The van der Waals surface area contributed by atoms with E-state index in [4.69, 9.17) is 4.42 Å². The monoisotopic (exact) mass is 327 g/mol. The molecule has 2 aromatic carbocycles. The lowest BCUT2D eigenvalue weighted by atomic mass is 10.2. The highest BCUT2D eigenvalue weighted by atomic mass is 19.1. The lowest BCUT2D eigenvalue weighted by Gasteiger charge is -2.15. The molecule has 1 heterocycles. The minimum Gasteiger partial charge on any atom is -0.441 e. The number of amides is 1. The van der Waals surface area contributed by atoms with Crippen molar-refractivity contribution in [3.63, 3.8) is 0 Å². The molecule has 0 aliphatic heterocycles. The van der Waals surface area contributed by atoms with E-state index >= 15 is 0 Å². The number of hydrogen-bond acceptors (Lipinski definition) is 4. The Labute approximate surface area is 138 Å². The lowest BCUT2D eigenvalue weighted by molar-refractivity contribution is -0.116. The molecule has 0 aliphatic rings. The van der Waals surface area contributed by atoms with Crippen LogP contribution in [0.3, 0.4) is 0 Å². The maximum atomic E-state index is 13.5. The van der Waals surface area contributed by atoms with Crippen molar-refractivity contribution in [3.8, 4) is 0 Å². The van der Waals surface area contributed by atoms with Crippen LogP contribution < -0.4 is 10.6 Å². The molecule has 5 nitrogen and oxygen atoms in total. The smallest absolute Gasteiger partial charge is 0.246 e. The van der Waals surface area contributed by atoms with E-state index in [9.17, 15) is 9.18 Å². The van der Waals surface area contributed by atoms with Crippen molar-refractivity contribution in [3.05, 3.63) is 53.7 Å². The molecular formula is C18H18FN3O2. The number of aryl methyl sites for hydroxylation is 2. The average Bonchev–Trinajstić information content (AvgIpc) is 2.90. The Morgan fingerprint density at radius 2 is 1.92 bits per heavy atom. The number of aromatic nitrogens is 1. The fourth-order valence-corrected chi connectivity index (χ4v) is 2.37. The van der Waals surface area contributed by atoms with Crippen molar-refractivity contribution >= 4 is 28.4 Å². The summed E-state index contributed by atoms with van der Waals surface area (Å²) in [5, 5.41) is 5.80. The molecule has 0 aliphatic carbocycles. The van der Waals surface area contributed by atoms with Gasteiger partial charge in [-0.3, -0.25) is 4.79 Å². The number of nitrogens with zero attached hydrogens (tertiary/aromatic N) is 1. The molecule has 0 bridgehead atoms. The number of nitrogens with one attached hydrogen (secondary N) is 2. The summed E-state index contributed by atoms with van der Waals surface area (Å²) >= 11 is 0. The van der Waals surface area contributed by atoms with Gasteiger partial charge in [0.25, 0.3) is 0 Å². The van der Waals surface area contributed by atoms with Crippen LogP contribution in [0, 0.1) is 19.7 Å². The van der Waals surface area contributed by atoms with Crippen LogP contribution in [0.15, 0.2) is 40.8 Å². The van der Waals surface area contributed by atoms with Gasteiger partial charge in [-0.1, -0.05) is 6.07 Å². The molecule has 0 radical (unpaired) electrons. The predicted molar refractivity (Wildman–Crippen MR) is 91.6 cm³/mol. The predicted octanol–water partition coefficient (Wildman–Crippen LogP) is 4.02. The second-order valence-corrected chi connectivity index (χ2v) is 5.73. The maximum absolute atomic E-state index is 13.5. The number of oxazole rings is 1. The van der Waals surface area contributed by atoms with Crippen LogP contribution >= 0.6 is 0 Å². The Morgan fingerprint density at radius 1 is 1.17 bits per heavy atom. The summed E-state index contributed by atoms with van der Waals surface area (Å²) in [5.41, 5.74) is 3.15. The third kappa shape index (κ3) is 3.37. The summed E-state index contributed by atoms with van der Waals surface area (Å²) in [5.74, 6) is -0.00992. The van der Waals surface area contributed by atoms with Gasteiger partial charge < -0.3 is 15.1 Å². The van der Waals surface area contributed by atoms with E-state index in [1.807, 2.05) is 12.1 Å². The second kappa shape index (κ2) is 6.31. The Balaban J connectivity index is 1.69. The largest absolute Gasteiger partial charge is 0.441 e. The summed E-state index contributed by atoms with van der Waals surface area (Å²) in [4.78, 5) is 16.5. The highest BCUT2D eigenvalue weighted by Crippen LogP contribution is 2.20. The van der Waals surface area contributed by atoms with Crippen LogP contribution in [0.25, 0.3) is 11.1 Å². The molecule has 3 rings (SSSR count). The van der Waals surface area contributed by atoms with Crippen LogP contribution in [0.5, 0.6) is 0 Å². The van der Waals surface area contributed by atoms with Gasteiger partial charge in [-0.25, -0.2) is 9.37 Å². The normalized spacial score (nSPS) is 12.2. The molecular weight excluding hydrogens is 309 g/mol. The number of halogens is 1. The quantitative estimate of drug-likeness (QED) is 0.759. The van der Waals surface area contributed by atoms with Gasteiger partial charge in [-0.15, -0.1) is 0 Å². The second-order valence-electron chi connectivity index (χ2n) is 5.73. The molecule has 2 N–H and O–H groups in total. The standard InChI is InChI=1S/C18H18FN3O2/c1-10-4-5-13(8-15(10)19)22-18(23)11(2)20-14-6-7-17-16(9-14)21-12(3)24-17/h4-9,11,20H,1-3H3,(H,22,23)/t11-/m0/s1. The molecule has 1 amide bonds. The highest BCUT2D eigenvalue weighted by Gasteiger charge is 2.14. The van der Waals surface area contributed by atoms with Crippen LogP contribution in [0.1, 0.15) is 18.4 Å². The van der Waals surface area contributed by atoms with Crippen LogP contribution in [0.4, 0.5) is 15.8 Å². The molecule has 1 aromatic heterocycles. The lowest BCUT2D eigenvalue weighted by Crippen LogP contribution is -2.31. The Hall–Kier alpha value is -2.89. The molecule has 3 aromatic rings. The maximum Gasteiger partial charge on any atom is 0.246 e. The van der Waals surface area contributed by atoms with E-state index in [0.29, 0.717) is 22.7 Å². The molecule has 24 heavy (non-hydrogen) atoms. The highest BCUT2D eigenvalue weighted by molar-refractivity contribution is 5.96. The van der Waals surface area contributed by atoms with E-state index < -0.39 is 6.04 Å². The zero-order valence-corrected chi connectivity index (χ0v) is 13.7. The summed E-state index contributed by atoms with van der Waals surface area (Å²) in [6, 6.07) is 9.56. The number of fused-ring (bicyclic) bond motifs is 1. The number of carbonyl (C=O) groups is 1. The average molecular weight is 327 g/mol. The first-order valence-electron chi connectivity index (χ1n) is 7.63. The zero-order valence-electron chi connectivity index (χ0n) is 13.7. The Kier molecular flexibility index (Phi) is 4.20. The topological polar surface area (TPSA) is 67.2 Å². The van der Waals surface area contributed by atoms with Crippen LogP contribution in [-0.2, 0) is 4.79 Å². The van der Waals surface area contributed by atoms with E-state index in [0.717, 1.165) is 11.2 Å².